The van der Waals surface area contributed by atoms with Crippen LogP contribution in [-0.4, -0.2) is 12.0 Å². The van der Waals surface area contributed by atoms with Crippen LogP contribution in [0.1, 0.15) is 58.8 Å². The van der Waals surface area contributed by atoms with Crippen LogP contribution in [0.3, 0.4) is 0 Å². The van der Waals surface area contributed by atoms with E-state index >= 15 is 0 Å². The van der Waals surface area contributed by atoms with Crippen LogP contribution in [0, 0.1) is 5.92 Å². The van der Waals surface area contributed by atoms with Crippen LogP contribution >= 0.6 is 12.6 Å². The number of nitrogens with one attached hydrogen (secondary N) is 2. The first kappa shape index (κ1) is 26.6. The average molecular weight is 529 g/mol. The molecule has 0 unspecified atom stereocenters. The Bertz CT molecular complexity index is 1230. The average Bonchev–Trinajstić information content (AvgIpc) is 3.71. The molecule has 2 N–H and O–H groups in total. The summed E-state index contributed by atoms with van der Waals surface area (Å²) in [6.07, 6.45) is -1.30. The van der Waals surface area contributed by atoms with Crippen molar-refractivity contribution in [3.63, 3.8) is 0 Å². The van der Waals surface area contributed by atoms with Crippen molar-refractivity contribution in [2.24, 2.45) is 5.92 Å². The summed E-state index contributed by atoms with van der Waals surface area (Å²) in [5, 5.41) is 5.59. The molecule has 2 amide bonds. The normalized spacial score (nSPS) is 14.1. The second kappa shape index (κ2) is 11.7. The summed E-state index contributed by atoms with van der Waals surface area (Å²) >= 11 is 4.32. The molecule has 1 saturated carbocycles. The van der Waals surface area contributed by atoms with E-state index in [9.17, 15) is 22.8 Å². The van der Waals surface area contributed by atoms with E-state index in [0.29, 0.717) is 39.6 Å². The third kappa shape index (κ3) is 7.76. The van der Waals surface area contributed by atoms with Crippen molar-refractivity contribution >= 4 is 30.3 Å². The van der Waals surface area contributed by atoms with Gasteiger partial charge in [0.2, 0.25) is 0 Å². The van der Waals surface area contributed by atoms with Crippen molar-refractivity contribution in [3.05, 3.63) is 95.1 Å². The molecule has 1 aliphatic rings. The number of alkyl halides is 3. The van der Waals surface area contributed by atoms with Crippen LogP contribution in [-0.2, 0) is 17.5 Å². The van der Waals surface area contributed by atoms with Gasteiger partial charge in [0.05, 0.1) is 17.3 Å². The molecule has 37 heavy (non-hydrogen) atoms. The maximum atomic E-state index is 12.9. The van der Waals surface area contributed by atoms with Gasteiger partial charge in [0.25, 0.3) is 5.91 Å². The van der Waals surface area contributed by atoms with Crippen LogP contribution in [0.2, 0.25) is 0 Å². The summed E-state index contributed by atoms with van der Waals surface area (Å²) in [5.41, 5.74) is 1.59. The molecule has 1 aliphatic carbocycles. The first-order chi connectivity index (χ1) is 17.7. The fourth-order valence-electron chi connectivity index (χ4n) is 3.89. The van der Waals surface area contributed by atoms with Crippen molar-refractivity contribution < 1.29 is 27.5 Å². The van der Waals surface area contributed by atoms with Gasteiger partial charge in [0.15, 0.2) is 0 Å². The number of alkyl carbamates (subject to hydrolysis) is 1. The summed E-state index contributed by atoms with van der Waals surface area (Å²) in [7, 11) is 0. The topological polar surface area (TPSA) is 67.4 Å². The van der Waals surface area contributed by atoms with Gasteiger partial charge in [-0.2, -0.15) is 13.2 Å². The third-order valence-electron chi connectivity index (χ3n) is 6.23. The van der Waals surface area contributed by atoms with E-state index in [2.05, 4.69) is 23.3 Å². The second-order valence-electron chi connectivity index (χ2n) is 9.08. The Morgan fingerprint density at radius 2 is 1.65 bits per heavy atom. The smallest absolute Gasteiger partial charge is 0.416 e. The number of hydrogen-bond acceptors (Lipinski definition) is 4. The molecule has 4 rings (SSSR count). The number of benzene rings is 3. The Kier molecular flexibility index (Phi) is 8.43. The minimum atomic E-state index is -4.41. The molecule has 1 atom stereocenters. The molecule has 3 aromatic carbocycles. The summed E-state index contributed by atoms with van der Waals surface area (Å²) in [4.78, 5) is 25.7. The molecule has 0 radical (unpaired) electrons. The van der Waals surface area contributed by atoms with Crippen LogP contribution in [0.5, 0.6) is 0 Å². The lowest BCUT2D eigenvalue weighted by molar-refractivity contribution is -0.137. The van der Waals surface area contributed by atoms with Gasteiger partial charge >= 0.3 is 12.3 Å². The second-order valence-corrected chi connectivity index (χ2v) is 9.56. The standard InChI is InChI=1S/C28H27F3N2O3S/c29-28(30,31)22-14-12-20(13-15-22)23(16-9-18-5-6-18)33-27(35)36-17-19-7-10-21(11-8-19)26(34)32-24-3-1-2-4-25(24)37/h1-4,7-8,10-15,18,23,37H,5-6,9,16-17H2,(H,32,34)(H,33,35)/t23-/m0/s1. The largest absolute Gasteiger partial charge is 0.445 e. The molecule has 194 valence electrons. The summed E-state index contributed by atoms with van der Waals surface area (Å²) in [5.74, 6) is 0.313. The highest BCUT2D eigenvalue weighted by molar-refractivity contribution is 7.80. The number of anilines is 1. The Morgan fingerprint density at radius 1 is 0.973 bits per heavy atom. The van der Waals surface area contributed by atoms with E-state index in [1.54, 1.807) is 42.5 Å². The zero-order valence-electron chi connectivity index (χ0n) is 19.9. The number of thiol groups is 1. The SMILES string of the molecule is O=C(N[C@@H](CCC1CC1)c1ccc(C(F)(F)F)cc1)OCc1ccc(C(=O)Nc2ccccc2S)cc1. The van der Waals surface area contributed by atoms with Crippen molar-refractivity contribution in [2.45, 2.75) is 49.4 Å². The number of amides is 2. The minimum absolute atomic E-state index is 0.0183. The molecular weight excluding hydrogens is 501 g/mol. The van der Waals surface area contributed by atoms with Crippen LogP contribution in [0.4, 0.5) is 23.7 Å². The van der Waals surface area contributed by atoms with Gasteiger partial charge in [-0.1, -0.05) is 49.2 Å². The van der Waals surface area contributed by atoms with Crippen LogP contribution in [0.15, 0.2) is 77.7 Å². The maximum absolute atomic E-state index is 12.9. The number of carbonyl (C=O) groups excluding carboxylic acids is 2. The van der Waals surface area contributed by atoms with Crippen molar-refractivity contribution in [1.29, 1.82) is 0 Å². The van der Waals surface area contributed by atoms with E-state index in [1.807, 2.05) is 6.07 Å². The molecule has 9 heteroatoms. The summed E-state index contributed by atoms with van der Waals surface area (Å²) < 4.78 is 44.1. The Balaban J connectivity index is 1.32. The highest BCUT2D eigenvalue weighted by Crippen LogP contribution is 2.36. The summed E-state index contributed by atoms with van der Waals surface area (Å²) in [6, 6.07) is 18.2. The van der Waals surface area contributed by atoms with Gasteiger partial charge in [-0.05, 0) is 66.3 Å². The monoisotopic (exact) mass is 528 g/mol. The molecule has 1 fully saturated rings. The van der Waals surface area contributed by atoms with Gasteiger partial charge in [-0.3, -0.25) is 4.79 Å². The highest BCUT2D eigenvalue weighted by atomic mass is 32.1. The van der Waals surface area contributed by atoms with Gasteiger partial charge in [-0.25, -0.2) is 4.79 Å². The van der Waals surface area contributed by atoms with Crippen LogP contribution < -0.4 is 10.6 Å². The molecule has 0 saturated heterocycles. The molecule has 0 aliphatic heterocycles. The van der Waals surface area contributed by atoms with Crippen molar-refractivity contribution in [2.75, 3.05) is 5.32 Å². The molecule has 0 spiro atoms. The predicted molar refractivity (Wildman–Crippen MR) is 138 cm³/mol. The lowest BCUT2D eigenvalue weighted by atomic mass is 9.99. The number of ether oxygens (including phenoxy) is 1. The molecular formula is C28H27F3N2O3S. The Hall–Kier alpha value is -3.46. The maximum Gasteiger partial charge on any atom is 0.416 e. The molecule has 0 heterocycles. The Labute approximate surface area is 218 Å². The third-order valence-corrected chi connectivity index (χ3v) is 6.62. The van der Waals surface area contributed by atoms with Gasteiger partial charge in [-0.15, -0.1) is 12.6 Å². The fourth-order valence-corrected chi connectivity index (χ4v) is 4.11. The van der Waals surface area contributed by atoms with Crippen molar-refractivity contribution in [1.82, 2.24) is 5.32 Å². The zero-order chi connectivity index (χ0) is 26.4. The van der Waals surface area contributed by atoms with E-state index < -0.39 is 23.9 Å². The predicted octanol–water partition coefficient (Wildman–Crippen LogP) is 7.40. The lowest BCUT2D eigenvalue weighted by Crippen LogP contribution is -2.29. The fraction of sp³-hybridized carbons (Fsp3) is 0.286. The molecule has 3 aromatic rings. The zero-order valence-corrected chi connectivity index (χ0v) is 20.8. The van der Waals surface area contributed by atoms with E-state index in [-0.39, 0.29) is 12.5 Å². The highest BCUT2D eigenvalue weighted by Gasteiger charge is 2.30. The lowest BCUT2D eigenvalue weighted by Gasteiger charge is -2.20. The van der Waals surface area contributed by atoms with Gasteiger partial charge in [0, 0.05) is 10.5 Å². The first-order valence-corrected chi connectivity index (χ1v) is 12.4. The van der Waals surface area contributed by atoms with E-state index in [1.165, 1.54) is 12.1 Å². The first-order valence-electron chi connectivity index (χ1n) is 12.0. The quantitative estimate of drug-likeness (QED) is 0.254. The van der Waals surface area contributed by atoms with Crippen molar-refractivity contribution in [3.8, 4) is 0 Å². The number of carbonyl (C=O) groups is 2. The number of halogens is 3. The number of rotatable bonds is 9. The summed E-state index contributed by atoms with van der Waals surface area (Å²) in [6.45, 7) is -0.0183. The Morgan fingerprint density at radius 3 is 2.27 bits per heavy atom. The van der Waals surface area contributed by atoms with Crippen LogP contribution in [0.25, 0.3) is 0 Å². The number of para-hydroxylation sites is 1. The van der Waals surface area contributed by atoms with E-state index in [4.69, 9.17) is 4.74 Å². The minimum Gasteiger partial charge on any atom is -0.445 e. The molecule has 5 nitrogen and oxygen atoms in total. The molecule has 0 aromatic heterocycles. The molecule has 0 bridgehead atoms. The number of hydrogen-bond donors (Lipinski definition) is 3. The van der Waals surface area contributed by atoms with Gasteiger partial charge < -0.3 is 15.4 Å². The van der Waals surface area contributed by atoms with Gasteiger partial charge in [0.1, 0.15) is 6.61 Å². The van der Waals surface area contributed by atoms with E-state index in [0.717, 1.165) is 31.4 Å².